The number of anilines is 1. The van der Waals surface area contributed by atoms with Gasteiger partial charge in [-0.25, -0.2) is 8.78 Å². The maximum Gasteiger partial charge on any atom is 0.257 e. The molecule has 114 valence electrons. The van der Waals surface area contributed by atoms with Gasteiger partial charge in [-0.1, -0.05) is 0 Å². The molecule has 0 bridgehead atoms. The SMILES string of the molecule is Nc1cc(F)cc(C(=O)N2CCCN3CCCC3C2)c1F. The van der Waals surface area contributed by atoms with E-state index in [-0.39, 0.29) is 11.3 Å². The third kappa shape index (κ3) is 2.72. The number of benzene rings is 1. The molecule has 2 N–H and O–H groups in total. The van der Waals surface area contributed by atoms with E-state index in [1.54, 1.807) is 4.90 Å². The maximum atomic E-state index is 14.0. The molecule has 2 heterocycles. The predicted molar refractivity (Wildman–Crippen MR) is 75.9 cm³/mol. The summed E-state index contributed by atoms with van der Waals surface area (Å²) in [5.74, 6) is -1.98. The fourth-order valence-electron chi connectivity index (χ4n) is 3.33. The predicted octanol–water partition coefficient (Wildman–Crippen LogP) is 1.86. The normalized spacial score (nSPS) is 23.0. The van der Waals surface area contributed by atoms with E-state index >= 15 is 0 Å². The lowest BCUT2D eigenvalue weighted by Crippen LogP contribution is -2.40. The molecule has 0 radical (unpaired) electrons. The van der Waals surface area contributed by atoms with Crippen LogP contribution in [0.3, 0.4) is 0 Å². The van der Waals surface area contributed by atoms with E-state index in [2.05, 4.69) is 4.90 Å². The number of hydrogen-bond donors (Lipinski definition) is 1. The van der Waals surface area contributed by atoms with E-state index in [0.717, 1.165) is 44.5 Å². The number of halogens is 2. The van der Waals surface area contributed by atoms with Gasteiger partial charge in [0.15, 0.2) is 5.82 Å². The lowest BCUT2D eigenvalue weighted by molar-refractivity contribution is 0.0738. The van der Waals surface area contributed by atoms with E-state index in [4.69, 9.17) is 5.73 Å². The van der Waals surface area contributed by atoms with Crippen molar-refractivity contribution in [3.8, 4) is 0 Å². The van der Waals surface area contributed by atoms with Crippen molar-refractivity contribution in [3.05, 3.63) is 29.3 Å². The second kappa shape index (κ2) is 5.60. The molecule has 1 aromatic carbocycles. The van der Waals surface area contributed by atoms with E-state index < -0.39 is 17.5 Å². The van der Waals surface area contributed by atoms with E-state index in [1.165, 1.54) is 0 Å². The summed E-state index contributed by atoms with van der Waals surface area (Å²) in [4.78, 5) is 16.5. The molecule has 0 aromatic heterocycles. The van der Waals surface area contributed by atoms with Crippen LogP contribution in [0, 0.1) is 11.6 Å². The zero-order valence-corrected chi connectivity index (χ0v) is 11.8. The van der Waals surface area contributed by atoms with Gasteiger partial charge in [-0.05, 0) is 37.9 Å². The fourth-order valence-corrected chi connectivity index (χ4v) is 3.33. The summed E-state index contributed by atoms with van der Waals surface area (Å²) in [6.07, 6.45) is 3.04. The largest absolute Gasteiger partial charge is 0.396 e. The number of nitrogens with two attached hydrogens (primary N) is 1. The molecule has 1 atom stereocenters. The van der Waals surface area contributed by atoms with Gasteiger partial charge in [-0.15, -0.1) is 0 Å². The van der Waals surface area contributed by atoms with Gasteiger partial charge in [0.25, 0.3) is 5.91 Å². The average Bonchev–Trinajstić information content (AvgIpc) is 2.79. The number of nitrogen functional groups attached to an aromatic ring is 1. The minimum absolute atomic E-state index is 0.265. The van der Waals surface area contributed by atoms with E-state index in [1.807, 2.05) is 0 Å². The summed E-state index contributed by atoms with van der Waals surface area (Å²) in [6.45, 7) is 3.17. The van der Waals surface area contributed by atoms with Gasteiger partial charge >= 0.3 is 0 Å². The smallest absolute Gasteiger partial charge is 0.257 e. The van der Waals surface area contributed by atoms with Gasteiger partial charge in [0.05, 0.1) is 11.3 Å². The second-order valence-corrected chi connectivity index (χ2v) is 5.79. The molecule has 1 amide bonds. The quantitative estimate of drug-likeness (QED) is 0.805. The van der Waals surface area contributed by atoms with Crippen molar-refractivity contribution < 1.29 is 13.6 Å². The first kappa shape index (κ1) is 14.3. The summed E-state index contributed by atoms with van der Waals surface area (Å²) in [5, 5.41) is 0. The molecule has 2 fully saturated rings. The molecule has 2 aliphatic rings. The van der Waals surface area contributed by atoms with Gasteiger partial charge in [0.2, 0.25) is 0 Å². The molecule has 2 saturated heterocycles. The molecular weight excluding hydrogens is 276 g/mol. The number of fused-ring (bicyclic) bond motifs is 1. The standard InChI is InChI=1S/C15H19F2N3O/c16-10-7-12(14(17)13(18)8-10)15(21)20-6-2-5-19-4-1-3-11(19)9-20/h7-8,11H,1-6,9,18H2. The molecule has 0 saturated carbocycles. The average molecular weight is 295 g/mol. The third-order valence-electron chi connectivity index (χ3n) is 4.39. The highest BCUT2D eigenvalue weighted by molar-refractivity contribution is 5.95. The van der Waals surface area contributed by atoms with Crippen molar-refractivity contribution in [1.82, 2.24) is 9.80 Å². The summed E-state index contributed by atoms with van der Waals surface area (Å²) in [5.41, 5.74) is 4.82. The Morgan fingerprint density at radius 1 is 1.19 bits per heavy atom. The Kier molecular flexibility index (Phi) is 3.80. The lowest BCUT2D eigenvalue weighted by atomic mass is 10.1. The maximum absolute atomic E-state index is 14.0. The van der Waals surface area contributed by atoms with Crippen LogP contribution < -0.4 is 5.73 Å². The molecule has 6 heteroatoms. The van der Waals surface area contributed by atoms with Gasteiger partial charge in [0, 0.05) is 25.7 Å². The van der Waals surface area contributed by atoms with Crippen LogP contribution >= 0.6 is 0 Å². The highest BCUT2D eigenvalue weighted by atomic mass is 19.1. The van der Waals surface area contributed by atoms with Crippen molar-refractivity contribution in [3.63, 3.8) is 0 Å². The molecule has 0 spiro atoms. The van der Waals surface area contributed by atoms with E-state index in [9.17, 15) is 13.6 Å². The number of amides is 1. The molecule has 21 heavy (non-hydrogen) atoms. The lowest BCUT2D eigenvalue weighted by Gasteiger charge is -2.26. The van der Waals surface area contributed by atoms with Crippen molar-refractivity contribution in [1.29, 1.82) is 0 Å². The first-order valence-corrected chi connectivity index (χ1v) is 7.34. The first-order valence-electron chi connectivity index (χ1n) is 7.34. The van der Waals surface area contributed by atoms with Crippen molar-refractivity contribution in [2.75, 3.05) is 31.9 Å². The van der Waals surface area contributed by atoms with Crippen LogP contribution in [0.1, 0.15) is 29.6 Å². The highest BCUT2D eigenvalue weighted by Gasteiger charge is 2.31. The van der Waals surface area contributed by atoms with Crippen LogP contribution in [-0.4, -0.2) is 47.9 Å². The zero-order valence-electron chi connectivity index (χ0n) is 11.8. The monoisotopic (exact) mass is 295 g/mol. The Labute approximate surface area is 122 Å². The molecule has 4 nitrogen and oxygen atoms in total. The molecular formula is C15H19F2N3O. The van der Waals surface area contributed by atoms with Gasteiger partial charge < -0.3 is 10.6 Å². The minimum Gasteiger partial charge on any atom is -0.396 e. The minimum atomic E-state index is -0.825. The molecule has 3 rings (SSSR count). The Morgan fingerprint density at radius 3 is 2.76 bits per heavy atom. The number of hydrogen-bond acceptors (Lipinski definition) is 3. The van der Waals surface area contributed by atoms with Crippen LogP contribution in [0.2, 0.25) is 0 Å². The summed E-state index contributed by atoms with van der Waals surface area (Å²) < 4.78 is 27.4. The number of carbonyl (C=O) groups excluding carboxylic acids is 1. The number of carbonyl (C=O) groups is 1. The fraction of sp³-hybridized carbons (Fsp3) is 0.533. The first-order chi connectivity index (χ1) is 10.1. The van der Waals surface area contributed by atoms with Crippen molar-refractivity contribution in [2.45, 2.75) is 25.3 Å². The third-order valence-corrected chi connectivity index (χ3v) is 4.39. The van der Waals surface area contributed by atoms with Gasteiger partial charge in [-0.3, -0.25) is 9.69 Å². The number of rotatable bonds is 1. The second-order valence-electron chi connectivity index (χ2n) is 5.79. The Bertz CT molecular complexity index is 564. The Balaban J connectivity index is 1.84. The van der Waals surface area contributed by atoms with E-state index in [0.29, 0.717) is 19.1 Å². The van der Waals surface area contributed by atoms with Crippen molar-refractivity contribution in [2.24, 2.45) is 0 Å². The van der Waals surface area contributed by atoms with Gasteiger partial charge in [0.1, 0.15) is 5.82 Å². The van der Waals surface area contributed by atoms with Crippen LogP contribution in [0.15, 0.2) is 12.1 Å². The Hall–Kier alpha value is -1.69. The molecule has 1 unspecified atom stereocenters. The van der Waals surface area contributed by atoms with Crippen LogP contribution in [0.4, 0.5) is 14.5 Å². The molecule has 2 aliphatic heterocycles. The summed E-state index contributed by atoms with van der Waals surface area (Å²) in [6, 6.07) is 2.17. The molecule has 0 aliphatic carbocycles. The topological polar surface area (TPSA) is 49.6 Å². The van der Waals surface area contributed by atoms with Crippen LogP contribution in [-0.2, 0) is 0 Å². The van der Waals surface area contributed by atoms with Gasteiger partial charge in [-0.2, -0.15) is 0 Å². The summed E-state index contributed by atoms with van der Waals surface area (Å²) >= 11 is 0. The van der Waals surface area contributed by atoms with Crippen LogP contribution in [0.5, 0.6) is 0 Å². The number of nitrogens with zero attached hydrogens (tertiary/aromatic N) is 2. The Morgan fingerprint density at radius 2 is 1.95 bits per heavy atom. The highest BCUT2D eigenvalue weighted by Crippen LogP contribution is 2.24. The molecule has 1 aromatic rings. The summed E-state index contributed by atoms with van der Waals surface area (Å²) in [7, 11) is 0. The van der Waals surface area contributed by atoms with Crippen molar-refractivity contribution >= 4 is 11.6 Å². The van der Waals surface area contributed by atoms with Crippen LogP contribution in [0.25, 0.3) is 0 Å². The zero-order chi connectivity index (χ0) is 15.0.